The van der Waals surface area contributed by atoms with E-state index in [-0.39, 0.29) is 0 Å². The molecule has 1 aromatic rings. The van der Waals surface area contributed by atoms with Crippen molar-refractivity contribution in [1.82, 2.24) is 5.32 Å². The topological polar surface area (TPSA) is 30.5 Å². The van der Waals surface area contributed by atoms with E-state index in [1.165, 1.54) is 25.7 Å². The van der Waals surface area contributed by atoms with Crippen molar-refractivity contribution in [2.45, 2.75) is 52.0 Å². The summed E-state index contributed by atoms with van der Waals surface area (Å²) in [6, 6.07) is 8.64. The van der Waals surface area contributed by atoms with Gasteiger partial charge in [-0.2, -0.15) is 0 Å². The number of hydrogen-bond acceptors (Lipinski definition) is 3. The van der Waals surface area contributed by atoms with E-state index in [0.717, 1.165) is 37.1 Å². The quantitative estimate of drug-likeness (QED) is 0.706. The highest BCUT2D eigenvalue weighted by Gasteiger charge is 2.29. The largest absolute Gasteiger partial charge is 0.493 e. The van der Waals surface area contributed by atoms with Crippen LogP contribution in [0.2, 0.25) is 0 Å². The molecule has 1 saturated carbocycles. The number of benzene rings is 1. The molecule has 0 spiro atoms. The lowest BCUT2D eigenvalue weighted by Crippen LogP contribution is -2.36. The molecule has 0 atom stereocenters. The van der Waals surface area contributed by atoms with Crippen molar-refractivity contribution >= 4 is 0 Å². The third kappa shape index (κ3) is 4.63. The Morgan fingerprint density at radius 3 is 2.38 bits per heavy atom. The van der Waals surface area contributed by atoms with Crippen LogP contribution in [-0.2, 0) is 0 Å². The Balaban J connectivity index is 1.85. The zero-order valence-electron chi connectivity index (χ0n) is 13.7. The van der Waals surface area contributed by atoms with Crippen LogP contribution < -0.4 is 14.8 Å². The maximum Gasteiger partial charge on any atom is 0.161 e. The fraction of sp³-hybridized carbons (Fsp3) is 0.667. The molecule has 0 heterocycles. The van der Waals surface area contributed by atoms with Crippen LogP contribution in [0.5, 0.6) is 11.5 Å². The standard InChI is InChI=1S/C18H29NO2/c1-4-18(5-2,14-19-15-10-11-15)12-13-21-17-9-7-6-8-16(17)20-3/h6-9,15,19H,4-5,10-14H2,1-3H3. The number of ether oxygens (including phenoxy) is 2. The van der Waals surface area contributed by atoms with Gasteiger partial charge in [0, 0.05) is 12.6 Å². The summed E-state index contributed by atoms with van der Waals surface area (Å²) in [5, 5.41) is 3.69. The molecule has 0 aromatic heterocycles. The second kappa shape index (κ2) is 7.69. The van der Waals surface area contributed by atoms with Crippen LogP contribution in [-0.4, -0.2) is 26.3 Å². The lowest BCUT2D eigenvalue weighted by Gasteiger charge is -2.32. The van der Waals surface area contributed by atoms with Crippen molar-refractivity contribution < 1.29 is 9.47 Å². The summed E-state index contributed by atoms with van der Waals surface area (Å²) in [6.45, 7) is 6.44. The van der Waals surface area contributed by atoms with Crippen LogP contribution in [0.4, 0.5) is 0 Å². The summed E-state index contributed by atoms with van der Waals surface area (Å²) in [6.07, 6.45) is 6.16. The van der Waals surface area contributed by atoms with E-state index in [4.69, 9.17) is 9.47 Å². The van der Waals surface area contributed by atoms with E-state index < -0.39 is 0 Å². The Morgan fingerprint density at radius 1 is 1.14 bits per heavy atom. The Morgan fingerprint density at radius 2 is 1.81 bits per heavy atom. The Kier molecular flexibility index (Phi) is 5.92. The summed E-state index contributed by atoms with van der Waals surface area (Å²) in [5.41, 5.74) is 0.352. The highest BCUT2D eigenvalue weighted by molar-refractivity contribution is 5.39. The molecule has 1 fully saturated rings. The molecule has 0 amide bonds. The Hall–Kier alpha value is -1.22. The van der Waals surface area contributed by atoms with Gasteiger partial charge in [0.1, 0.15) is 0 Å². The van der Waals surface area contributed by atoms with Gasteiger partial charge in [-0.25, -0.2) is 0 Å². The van der Waals surface area contributed by atoms with Crippen molar-refractivity contribution in [1.29, 1.82) is 0 Å². The third-order valence-corrected chi connectivity index (χ3v) is 4.80. The number of para-hydroxylation sites is 2. The minimum absolute atomic E-state index is 0.352. The molecular weight excluding hydrogens is 262 g/mol. The average Bonchev–Trinajstić information content (AvgIpc) is 3.36. The number of rotatable bonds is 10. The SMILES string of the molecule is CCC(CC)(CCOc1ccccc1OC)CNC1CC1. The summed E-state index contributed by atoms with van der Waals surface area (Å²) in [4.78, 5) is 0. The van der Waals surface area contributed by atoms with Crippen molar-refractivity contribution in [3.63, 3.8) is 0 Å². The van der Waals surface area contributed by atoms with E-state index in [0.29, 0.717) is 5.41 Å². The fourth-order valence-electron chi connectivity index (χ4n) is 2.71. The number of hydrogen-bond donors (Lipinski definition) is 1. The predicted octanol–water partition coefficient (Wildman–Crippen LogP) is 4.02. The molecule has 3 heteroatoms. The van der Waals surface area contributed by atoms with E-state index in [2.05, 4.69) is 19.2 Å². The summed E-state index contributed by atoms with van der Waals surface area (Å²) >= 11 is 0. The Labute approximate surface area is 129 Å². The van der Waals surface area contributed by atoms with Crippen LogP contribution in [0.1, 0.15) is 46.0 Å². The third-order valence-electron chi connectivity index (χ3n) is 4.80. The molecule has 2 rings (SSSR count). The zero-order valence-corrected chi connectivity index (χ0v) is 13.7. The Bertz CT molecular complexity index is 425. The summed E-state index contributed by atoms with van der Waals surface area (Å²) in [5.74, 6) is 1.66. The maximum absolute atomic E-state index is 5.96. The first-order chi connectivity index (χ1) is 10.2. The molecule has 21 heavy (non-hydrogen) atoms. The molecule has 118 valence electrons. The van der Waals surface area contributed by atoms with E-state index >= 15 is 0 Å². The van der Waals surface area contributed by atoms with Crippen molar-refractivity contribution in [3.05, 3.63) is 24.3 Å². The zero-order chi connectivity index (χ0) is 15.1. The van der Waals surface area contributed by atoms with Gasteiger partial charge in [-0.3, -0.25) is 0 Å². The molecule has 0 radical (unpaired) electrons. The summed E-state index contributed by atoms with van der Waals surface area (Å²) in [7, 11) is 1.68. The van der Waals surface area contributed by atoms with Crippen molar-refractivity contribution in [3.8, 4) is 11.5 Å². The minimum Gasteiger partial charge on any atom is -0.493 e. The van der Waals surface area contributed by atoms with Crippen LogP contribution >= 0.6 is 0 Å². The molecule has 1 aliphatic carbocycles. The molecule has 1 aliphatic rings. The maximum atomic E-state index is 5.96. The number of nitrogens with one attached hydrogen (secondary N) is 1. The monoisotopic (exact) mass is 291 g/mol. The first kappa shape index (κ1) is 16.2. The van der Waals surface area contributed by atoms with Crippen LogP contribution in [0, 0.1) is 5.41 Å². The second-order valence-corrected chi connectivity index (χ2v) is 6.11. The van der Waals surface area contributed by atoms with E-state index in [1.807, 2.05) is 24.3 Å². The predicted molar refractivity (Wildman–Crippen MR) is 87.1 cm³/mol. The average molecular weight is 291 g/mol. The van der Waals surface area contributed by atoms with Gasteiger partial charge in [-0.05, 0) is 49.7 Å². The molecule has 0 bridgehead atoms. The van der Waals surface area contributed by atoms with Crippen LogP contribution in [0.25, 0.3) is 0 Å². The fourth-order valence-corrected chi connectivity index (χ4v) is 2.71. The van der Waals surface area contributed by atoms with Crippen molar-refractivity contribution in [2.24, 2.45) is 5.41 Å². The molecule has 1 N–H and O–H groups in total. The van der Waals surface area contributed by atoms with E-state index in [1.54, 1.807) is 7.11 Å². The van der Waals surface area contributed by atoms with Crippen molar-refractivity contribution in [2.75, 3.05) is 20.3 Å². The minimum atomic E-state index is 0.352. The van der Waals surface area contributed by atoms with Gasteiger partial charge >= 0.3 is 0 Å². The van der Waals surface area contributed by atoms with Gasteiger partial charge in [-0.15, -0.1) is 0 Å². The summed E-state index contributed by atoms with van der Waals surface area (Å²) < 4.78 is 11.3. The molecular formula is C18H29NO2. The van der Waals surface area contributed by atoms with Gasteiger partial charge in [0.15, 0.2) is 11.5 Å². The van der Waals surface area contributed by atoms with Gasteiger partial charge in [0.05, 0.1) is 13.7 Å². The molecule has 0 unspecified atom stereocenters. The lowest BCUT2D eigenvalue weighted by atomic mass is 9.79. The molecule has 3 nitrogen and oxygen atoms in total. The van der Waals surface area contributed by atoms with Gasteiger partial charge in [0.2, 0.25) is 0 Å². The molecule has 0 saturated heterocycles. The van der Waals surface area contributed by atoms with Crippen LogP contribution in [0.15, 0.2) is 24.3 Å². The molecule has 1 aromatic carbocycles. The normalized spacial score (nSPS) is 15.0. The number of methoxy groups -OCH3 is 1. The lowest BCUT2D eigenvalue weighted by molar-refractivity contribution is 0.171. The first-order valence-corrected chi connectivity index (χ1v) is 8.22. The molecule has 0 aliphatic heterocycles. The smallest absolute Gasteiger partial charge is 0.161 e. The second-order valence-electron chi connectivity index (χ2n) is 6.11. The highest BCUT2D eigenvalue weighted by Crippen LogP contribution is 2.33. The van der Waals surface area contributed by atoms with E-state index in [9.17, 15) is 0 Å². The van der Waals surface area contributed by atoms with Gasteiger partial charge < -0.3 is 14.8 Å². The van der Waals surface area contributed by atoms with Gasteiger partial charge in [-0.1, -0.05) is 26.0 Å². The van der Waals surface area contributed by atoms with Crippen LogP contribution in [0.3, 0.4) is 0 Å². The first-order valence-electron chi connectivity index (χ1n) is 8.22. The van der Waals surface area contributed by atoms with Gasteiger partial charge in [0.25, 0.3) is 0 Å². The highest BCUT2D eigenvalue weighted by atomic mass is 16.5.